The van der Waals surface area contributed by atoms with E-state index in [1.807, 2.05) is 38.0 Å². The second-order valence-corrected chi connectivity index (χ2v) is 24.3. The molecule has 0 aliphatic heterocycles. The number of hydrogen-bond acceptors (Lipinski definition) is 19. The second-order valence-electron chi connectivity index (χ2n) is 24.3. The quantitative estimate of drug-likeness (QED) is 0.0341. The number of ether oxygens (including phenoxy) is 6. The molecule has 3 aromatic rings. The normalized spacial score (nSPS) is 16.2. The number of nitrogens with two attached hydrogens (primary N) is 4. The topological polar surface area (TPSA) is 378 Å². The molecular formula is C67H106N12O14. The molecule has 0 radical (unpaired) electrons. The van der Waals surface area contributed by atoms with Gasteiger partial charge in [0.1, 0.15) is 34.5 Å². The lowest BCUT2D eigenvalue weighted by Crippen LogP contribution is -2.44. The van der Waals surface area contributed by atoms with Gasteiger partial charge in [0.25, 0.3) is 35.4 Å². The van der Waals surface area contributed by atoms with Gasteiger partial charge in [-0.2, -0.15) is 0 Å². The predicted octanol–water partition coefficient (Wildman–Crippen LogP) is 4.71. The van der Waals surface area contributed by atoms with Crippen molar-refractivity contribution in [1.82, 2.24) is 41.7 Å². The molecule has 0 bridgehead atoms. The van der Waals surface area contributed by atoms with Crippen LogP contribution in [0.25, 0.3) is 0 Å². The van der Waals surface area contributed by atoms with Gasteiger partial charge in [-0.15, -0.1) is 0 Å². The molecule has 0 spiro atoms. The maximum absolute atomic E-state index is 14.3. The van der Waals surface area contributed by atoms with E-state index in [1.165, 1.54) is 31.4 Å². The first-order valence-corrected chi connectivity index (χ1v) is 33.2. The van der Waals surface area contributed by atoms with Gasteiger partial charge in [0.2, 0.25) is 0 Å². The molecule has 15 N–H and O–H groups in total. The molecule has 2 aliphatic rings. The number of nitrogens with zero attached hydrogens (tertiary/aromatic N) is 2. The Balaban J connectivity index is 1.27. The Morgan fingerprint density at radius 2 is 0.645 bits per heavy atom. The highest BCUT2D eigenvalue weighted by Crippen LogP contribution is 2.35. The Morgan fingerprint density at radius 1 is 0.387 bits per heavy atom. The van der Waals surface area contributed by atoms with E-state index in [9.17, 15) is 38.7 Å². The minimum atomic E-state index is -1.28. The fraction of sp³-hybridized carbons (Fsp3) is 0.627. The van der Waals surface area contributed by atoms with Crippen LogP contribution in [0.3, 0.4) is 0 Å². The highest BCUT2D eigenvalue weighted by Gasteiger charge is 2.32. The van der Waals surface area contributed by atoms with Gasteiger partial charge < -0.3 is 98.2 Å². The summed E-state index contributed by atoms with van der Waals surface area (Å²) >= 11 is 0. The van der Waals surface area contributed by atoms with Gasteiger partial charge in [0, 0.05) is 68.5 Å². The Bertz CT molecular complexity index is 2840. The van der Waals surface area contributed by atoms with Crippen LogP contribution in [0, 0.1) is 0 Å². The number of methoxy groups -OCH3 is 1. The number of aliphatic carboxylic acids is 1. The van der Waals surface area contributed by atoms with Crippen LogP contribution in [0.4, 0.5) is 0 Å². The summed E-state index contributed by atoms with van der Waals surface area (Å²) in [5.74, 6) is -2.98. The molecule has 6 amide bonds. The van der Waals surface area contributed by atoms with Crippen LogP contribution < -0.4 is 83.3 Å². The van der Waals surface area contributed by atoms with Gasteiger partial charge in [-0.1, -0.05) is 0 Å². The molecule has 0 heterocycles. The number of amides is 6. The molecule has 5 rings (SSSR count). The van der Waals surface area contributed by atoms with Crippen LogP contribution in [-0.2, 0) is 4.79 Å². The predicted molar refractivity (Wildman–Crippen MR) is 356 cm³/mol. The molecule has 93 heavy (non-hydrogen) atoms. The van der Waals surface area contributed by atoms with Gasteiger partial charge in [-0.25, -0.2) is 4.79 Å². The number of carbonyl (C=O) groups excluding carboxylic acids is 6. The summed E-state index contributed by atoms with van der Waals surface area (Å²) < 4.78 is 36.1. The maximum Gasteiger partial charge on any atom is 0.341 e. The van der Waals surface area contributed by atoms with E-state index in [0.717, 1.165) is 64.2 Å². The van der Waals surface area contributed by atoms with Crippen molar-refractivity contribution in [2.45, 2.75) is 153 Å². The van der Waals surface area contributed by atoms with Crippen LogP contribution >= 0.6 is 0 Å². The third-order valence-electron chi connectivity index (χ3n) is 16.2. The summed E-state index contributed by atoms with van der Waals surface area (Å²) in [6.45, 7) is 4.69. The van der Waals surface area contributed by atoms with Crippen molar-refractivity contribution in [3.05, 3.63) is 69.8 Å². The highest BCUT2D eigenvalue weighted by atomic mass is 16.5. The molecule has 518 valence electrons. The lowest BCUT2D eigenvalue weighted by molar-refractivity contribution is -0.139. The molecule has 26 nitrogen and oxygen atoms in total. The lowest BCUT2D eigenvalue weighted by Gasteiger charge is -2.30. The van der Waals surface area contributed by atoms with Gasteiger partial charge >= 0.3 is 5.97 Å². The number of benzene rings is 3. The van der Waals surface area contributed by atoms with Gasteiger partial charge in [-0.05, 0) is 201 Å². The third kappa shape index (κ3) is 26.4. The summed E-state index contributed by atoms with van der Waals surface area (Å²) in [6.07, 6.45) is 13.3. The number of carboxylic acid groups (broad SMARTS) is 1. The van der Waals surface area contributed by atoms with Crippen molar-refractivity contribution in [2.24, 2.45) is 22.9 Å². The standard InChI is InChI=1S/C67H106N12O14/c1-78(2)32-30-72-62(82)50-39-52(58(91-36-16-8-12-28-70)42-56(50)89-34-14-6-10-26-68)65(85)75-46-20-18-45(19-21-46)74-64(84)49-38-54(60(41-55(49)88-5)93-44-61(80)81)67(87)77-48-24-22-47(23-25-48)76-66(86)53-40-51(63(83)73-31-33-79(3)4)57(90-35-15-7-11-27-69)43-59(53)92-37-17-9-13-29-71/h38-43,45-48H,6-37,44,68-71H2,1-5H3,(H,72,82)(H,73,83)(H,74,84)(H,75,85)(H,76,86)(H,77,87)(H,80,81). The molecule has 3 aromatic carbocycles. The molecule has 26 heteroatoms. The van der Waals surface area contributed by atoms with E-state index in [2.05, 4.69) is 31.9 Å². The summed E-state index contributed by atoms with van der Waals surface area (Å²) in [6, 6.07) is 7.64. The Hall–Kier alpha value is -7.49. The second kappa shape index (κ2) is 42.0. The molecule has 0 aromatic heterocycles. The Labute approximate surface area is 548 Å². The SMILES string of the molecule is COc1cc(OCC(=O)O)c(C(=O)NC2CCC(NC(=O)c3cc(C(=O)NCCN(C)C)c(OCCCCCN)cc3OCCCCCN)CC2)cc1C(=O)NC1CCC(NC(=O)c2cc(C(=O)NCCN(C)C)c(OCCCCCN)cc2OCCCCCN)CC1. The molecule has 2 fully saturated rings. The van der Waals surface area contributed by atoms with E-state index in [1.54, 1.807) is 12.1 Å². The number of unbranched alkanes of at least 4 members (excludes halogenated alkanes) is 8. The van der Waals surface area contributed by atoms with Crippen LogP contribution in [0.2, 0.25) is 0 Å². The van der Waals surface area contributed by atoms with Crippen molar-refractivity contribution in [1.29, 1.82) is 0 Å². The monoisotopic (exact) mass is 1300 g/mol. The molecule has 2 saturated carbocycles. The molecule has 0 atom stereocenters. The number of carboxylic acids is 1. The van der Waals surface area contributed by atoms with Crippen molar-refractivity contribution in [3.8, 4) is 34.5 Å². The average Bonchev–Trinajstić information content (AvgIpc) is 1.29. The number of hydrogen-bond donors (Lipinski definition) is 11. The molecule has 0 saturated heterocycles. The summed E-state index contributed by atoms with van der Waals surface area (Å²) in [5.41, 5.74) is 23.6. The van der Waals surface area contributed by atoms with E-state index in [-0.39, 0.29) is 86.5 Å². The fourth-order valence-electron chi connectivity index (χ4n) is 10.9. The Morgan fingerprint density at radius 3 is 0.903 bits per heavy atom. The van der Waals surface area contributed by atoms with Crippen molar-refractivity contribution in [3.63, 3.8) is 0 Å². The van der Waals surface area contributed by atoms with Gasteiger partial charge in [0.05, 0.1) is 66.9 Å². The first-order valence-electron chi connectivity index (χ1n) is 33.2. The summed E-state index contributed by atoms with van der Waals surface area (Å²) in [5, 5.41) is 27.9. The molecule has 2 aliphatic carbocycles. The van der Waals surface area contributed by atoms with Crippen LogP contribution in [0.1, 0.15) is 191 Å². The smallest absolute Gasteiger partial charge is 0.341 e. The van der Waals surface area contributed by atoms with E-state index < -0.39 is 42.1 Å². The zero-order valence-electron chi connectivity index (χ0n) is 55.6. The first kappa shape index (κ1) is 76.2. The van der Waals surface area contributed by atoms with Gasteiger partial charge in [0.15, 0.2) is 6.61 Å². The van der Waals surface area contributed by atoms with E-state index >= 15 is 0 Å². The number of likely N-dealkylation sites (N-methyl/N-ethyl adjacent to an activating group) is 2. The summed E-state index contributed by atoms with van der Waals surface area (Å²) in [7, 11) is 8.97. The Kier molecular flexibility index (Phi) is 34.4. The van der Waals surface area contributed by atoms with Crippen molar-refractivity contribution < 1.29 is 67.1 Å². The third-order valence-corrected chi connectivity index (χ3v) is 16.2. The number of nitrogens with one attached hydrogen (secondary N) is 6. The van der Waals surface area contributed by atoms with Crippen molar-refractivity contribution >= 4 is 41.4 Å². The van der Waals surface area contributed by atoms with Gasteiger partial charge in [-0.3, -0.25) is 28.8 Å². The van der Waals surface area contributed by atoms with Crippen LogP contribution in [0.5, 0.6) is 34.5 Å². The largest absolute Gasteiger partial charge is 0.496 e. The zero-order valence-corrected chi connectivity index (χ0v) is 55.6. The van der Waals surface area contributed by atoms with Crippen LogP contribution in [-0.4, -0.2) is 201 Å². The zero-order chi connectivity index (χ0) is 67.5. The highest BCUT2D eigenvalue weighted by molar-refractivity contribution is 6.05. The molecule has 0 unspecified atom stereocenters. The number of rotatable bonds is 44. The average molecular weight is 1300 g/mol. The first-order chi connectivity index (χ1) is 44.9. The molecular weight excluding hydrogens is 1200 g/mol. The van der Waals surface area contributed by atoms with E-state index in [4.69, 9.17) is 51.4 Å². The minimum Gasteiger partial charge on any atom is -0.496 e. The van der Waals surface area contributed by atoms with E-state index in [0.29, 0.717) is 154 Å². The van der Waals surface area contributed by atoms with Crippen LogP contribution in [0.15, 0.2) is 36.4 Å². The van der Waals surface area contributed by atoms with Crippen molar-refractivity contribution in [2.75, 3.05) is 121 Å². The summed E-state index contributed by atoms with van der Waals surface area (Å²) in [4.78, 5) is 100. The minimum absolute atomic E-state index is 0.0162. The number of carbonyl (C=O) groups is 7. The lowest BCUT2D eigenvalue weighted by atomic mass is 9.90. The fourth-order valence-corrected chi connectivity index (χ4v) is 10.9. The maximum atomic E-state index is 14.3.